The van der Waals surface area contributed by atoms with Gasteiger partial charge in [-0.1, -0.05) is 26.0 Å². The number of imide groups is 1. The molecule has 1 aliphatic heterocycles. The molecule has 11 N–H and O–H groups in total. The number of carbonyl (C=O) groups excluding carboxylic acids is 10. The number of aliphatic hydroxyl groups excluding tert-OH is 1. The Hall–Kier alpha value is -6.50. The number of benzene rings is 1. The Morgan fingerprint density at radius 1 is 0.703 bits per heavy atom. The number of anilines is 1. The van der Waals surface area contributed by atoms with Crippen LogP contribution < -0.4 is 48.3 Å². The number of nitrogens with zero attached hydrogens (tertiary/aromatic N) is 1. The summed E-state index contributed by atoms with van der Waals surface area (Å²) in [4.78, 5) is 128. The zero-order chi connectivity index (χ0) is 55.4. The number of hydrogen-bond acceptors (Lipinski definition) is 15. The maximum absolute atomic E-state index is 13.5. The van der Waals surface area contributed by atoms with Gasteiger partial charge in [-0.3, -0.25) is 48.1 Å². The SMILES string of the molecule is COC(C)(C)CCOC(C)(C)CCCNC(=O)[C@H](CCC(=O)N[C@@H](CC(C)C)C(=O)N[C@@H](CO)C(=O)NCC(=O)N[C@@H](CCCCN)C(=O)Nc1ccc(COC(=O)NCCN2C(=O)C=CC2=O)cc1)NC(C)=O. The lowest BCUT2D eigenvalue weighted by molar-refractivity contribution is -0.137. The van der Waals surface area contributed by atoms with E-state index in [-0.39, 0.29) is 56.9 Å². The molecule has 74 heavy (non-hydrogen) atoms. The van der Waals surface area contributed by atoms with Crippen molar-refractivity contribution >= 4 is 64.9 Å². The van der Waals surface area contributed by atoms with Gasteiger partial charge in [0, 0.05) is 57.9 Å². The van der Waals surface area contributed by atoms with Crippen LogP contribution in [0.1, 0.15) is 112 Å². The Kier molecular flexibility index (Phi) is 28.1. The maximum Gasteiger partial charge on any atom is 0.407 e. The first-order valence-corrected chi connectivity index (χ1v) is 24.9. The van der Waals surface area contributed by atoms with Crippen LogP contribution in [0.15, 0.2) is 36.4 Å². The van der Waals surface area contributed by atoms with Gasteiger partial charge in [0.25, 0.3) is 11.8 Å². The monoisotopic (exact) mass is 1040 g/mol. The van der Waals surface area contributed by atoms with Crippen molar-refractivity contribution in [2.24, 2.45) is 11.7 Å². The van der Waals surface area contributed by atoms with Crippen LogP contribution in [0, 0.1) is 5.92 Å². The van der Waals surface area contributed by atoms with Gasteiger partial charge in [0.1, 0.15) is 30.8 Å². The second-order valence-corrected chi connectivity index (χ2v) is 19.5. The lowest BCUT2D eigenvalue weighted by Crippen LogP contribution is -2.56. The quantitative estimate of drug-likeness (QED) is 0.0323. The van der Waals surface area contributed by atoms with Crippen LogP contribution >= 0.6 is 0 Å². The highest BCUT2D eigenvalue weighted by atomic mass is 16.5. The summed E-state index contributed by atoms with van der Waals surface area (Å²) in [6.07, 6.45) is 4.49. The Labute approximate surface area is 433 Å². The number of ether oxygens (including phenoxy) is 3. The van der Waals surface area contributed by atoms with Gasteiger partial charge in [-0.15, -0.1) is 0 Å². The van der Waals surface area contributed by atoms with E-state index in [4.69, 9.17) is 19.9 Å². The van der Waals surface area contributed by atoms with Crippen molar-refractivity contribution in [2.75, 3.05) is 58.4 Å². The lowest BCUT2D eigenvalue weighted by Gasteiger charge is -2.29. The number of carbonyl (C=O) groups is 10. The van der Waals surface area contributed by atoms with E-state index in [1.54, 1.807) is 31.4 Å². The summed E-state index contributed by atoms with van der Waals surface area (Å²) in [6, 6.07) is 1.54. The van der Waals surface area contributed by atoms with Crippen LogP contribution in [-0.2, 0) is 64.0 Å². The van der Waals surface area contributed by atoms with Gasteiger partial charge in [0.2, 0.25) is 41.4 Å². The van der Waals surface area contributed by atoms with Crippen LogP contribution in [0.3, 0.4) is 0 Å². The molecular formula is C50H80N10O14. The van der Waals surface area contributed by atoms with Gasteiger partial charge >= 0.3 is 6.09 Å². The van der Waals surface area contributed by atoms with Crippen LogP contribution in [-0.4, -0.2) is 158 Å². The summed E-state index contributed by atoms with van der Waals surface area (Å²) in [6.45, 7) is 12.2. The first kappa shape index (κ1) is 63.6. The molecule has 2 rings (SSSR count). The number of alkyl carbamates (subject to hydrolysis) is 1. The predicted molar refractivity (Wildman–Crippen MR) is 272 cm³/mol. The molecule has 1 aliphatic rings. The average molecular weight is 1050 g/mol. The average Bonchev–Trinajstić information content (AvgIpc) is 3.66. The van der Waals surface area contributed by atoms with Crippen molar-refractivity contribution in [1.82, 2.24) is 42.1 Å². The molecule has 10 amide bonds. The molecule has 0 spiro atoms. The van der Waals surface area contributed by atoms with Gasteiger partial charge in [-0.2, -0.15) is 0 Å². The number of amides is 10. The summed E-state index contributed by atoms with van der Waals surface area (Å²) in [5.74, 6) is -5.66. The molecule has 0 unspecified atom stereocenters. The fourth-order valence-electron chi connectivity index (χ4n) is 7.15. The molecule has 0 aliphatic carbocycles. The van der Waals surface area contributed by atoms with E-state index in [1.165, 1.54) is 6.92 Å². The molecule has 4 atom stereocenters. The normalized spacial score (nSPS) is 14.1. The standard InChI is InChI=1S/C50H80N10O14/c1-32(2)28-38(58-40(63)18-17-37(55-33(3)62)44(67)52-24-11-21-50(6,7)74-27-22-49(4,5)72-8)47(70)59-39(30-61)45(68)54-29-41(64)57-36(12-9-10-23-51)46(69)56-35-15-13-34(14-16-35)31-73-48(71)53-25-26-60-42(65)19-20-43(60)66/h13-16,19-20,32,36-39,61H,9-12,17-18,21-31,51H2,1-8H3,(H,52,67)(H,53,71)(H,54,68)(H,55,62)(H,56,69)(H,57,64)(H,58,63)(H,59,70)/t36-,37-,38-,39-/m0/s1. The highest BCUT2D eigenvalue weighted by Crippen LogP contribution is 2.20. The molecule has 0 fully saturated rings. The first-order chi connectivity index (χ1) is 34.9. The Bertz CT molecular complexity index is 2060. The maximum atomic E-state index is 13.5. The van der Waals surface area contributed by atoms with E-state index in [0.29, 0.717) is 63.1 Å². The van der Waals surface area contributed by atoms with Crippen molar-refractivity contribution in [3.63, 3.8) is 0 Å². The molecule has 0 radical (unpaired) electrons. The van der Waals surface area contributed by atoms with E-state index in [1.807, 2.05) is 41.5 Å². The molecule has 1 aromatic rings. The Morgan fingerprint density at radius 2 is 1.34 bits per heavy atom. The van der Waals surface area contributed by atoms with Gasteiger partial charge in [-0.25, -0.2) is 4.79 Å². The van der Waals surface area contributed by atoms with E-state index >= 15 is 0 Å². The molecule has 0 bridgehead atoms. The molecule has 0 aromatic heterocycles. The Morgan fingerprint density at radius 3 is 1.95 bits per heavy atom. The van der Waals surface area contributed by atoms with Crippen molar-refractivity contribution < 1.29 is 67.3 Å². The summed E-state index contributed by atoms with van der Waals surface area (Å²) >= 11 is 0. The smallest absolute Gasteiger partial charge is 0.407 e. The summed E-state index contributed by atoms with van der Waals surface area (Å²) in [5, 5.41) is 30.6. The minimum Gasteiger partial charge on any atom is -0.445 e. The number of nitrogens with two attached hydrogens (primary N) is 1. The Balaban J connectivity index is 1.91. The van der Waals surface area contributed by atoms with Crippen LogP contribution in [0.4, 0.5) is 10.5 Å². The first-order valence-electron chi connectivity index (χ1n) is 24.9. The number of hydrogen-bond donors (Lipinski definition) is 10. The van der Waals surface area contributed by atoms with Crippen LogP contribution in [0.25, 0.3) is 0 Å². The zero-order valence-electron chi connectivity index (χ0n) is 44.2. The molecular weight excluding hydrogens is 965 g/mol. The lowest BCUT2D eigenvalue weighted by atomic mass is 10.0. The minimum atomic E-state index is -1.53. The number of unbranched alkanes of at least 4 members (excludes halogenated alkanes) is 1. The number of methoxy groups -OCH3 is 1. The molecule has 24 heteroatoms. The van der Waals surface area contributed by atoms with E-state index in [0.717, 1.165) is 17.1 Å². The minimum absolute atomic E-state index is 0.00733. The molecule has 1 aromatic carbocycles. The third kappa shape index (κ3) is 25.4. The second kappa shape index (κ2) is 32.6. The molecule has 0 saturated heterocycles. The highest BCUT2D eigenvalue weighted by Gasteiger charge is 2.30. The van der Waals surface area contributed by atoms with Crippen molar-refractivity contribution in [1.29, 1.82) is 0 Å². The van der Waals surface area contributed by atoms with Gasteiger partial charge < -0.3 is 67.6 Å². The summed E-state index contributed by atoms with van der Waals surface area (Å²) in [5.41, 5.74) is 5.82. The molecule has 414 valence electrons. The van der Waals surface area contributed by atoms with E-state index < -0.39 is 102 Å². The number of rotatable bonds is 35. The zero-order valence-corrected chi connectivity index (χ0v) is 44.2. The number of nitrogens with one attached hydrogen (secondary N) is 8. The summed E-state index contributed by atoms with van der Waals surface area (Å²) < 4.78 is 16.7. The largest absolute Gasteiger partial charge is 0.445 e. The van der Waals surface area contributed by atoms with Crippen LogP contribution in [0.5, 0.6) is 0 Å². The summed E-state index contributed by atoms with van der Waals surface area (Å²) in [7, 11) is 1.65. The van der Waals surface area contributed by atoms with Crippen LogP contribution in [0.2, 0.25) is 0 Å². The van der Waals surface area contributed by atoms with Crippen molar-refractivity contribution in [3.8, 4) is 0 Å². The third-order valence-electron chi connectivity index (χ3n) is 11.7. The van der Waals surface area contributed by atoms with Crippen molar-refractivity contribution in [3.05, 3.63) is 42.0 Å². The molecule has 0 saturated carbocycles. The van der Waals surface area contributed by atoms with Gasteiger partial charge in [0.15, 0.2) is 0 Å². The molecule has 1 heterocycles. The van der Waals surface area contributed by atoms with Crippen molar-refractivity contribution in [2.45, 2.75) is 148 Å². The van der Waals surface area contributed by atoms with E-state index in [9.17, 15) is 53.1 Å². The third-order valence-corrected chi connectivity index (χ3v) is 11.7. The predicted octanol–water partition coefficient (Wildman–Crippen LogP) is 0.306. The topological polar surface area (TPSA) is 344 Å². The van der Waals surface area contributed by atoms with Gasteiger partial charge in [-0.05, 0) is 109 Å². The fraction of sp³-hybridized carbons (Fsp3) is 0.640. The van der Waals surface area contributed by atoms with Gasteiger partial charge in [0.05, 0.1) is 31.0 Å². The fourth-order valence-corrected chi connectivity index (χ4v) is 7.15. The number of aliphatic hydroxyl groups is 1. The van der Waals surface area contributed by atoms with E-state index in [2.05, 4.69) is 42.5 Å². The molecule has 24 nitrogen and oxygen atoms in total. The second-order valence-electron chi connectivity index (χ2n) is 19.5. The highest BCUT2D eigenvalue weighted by molar-refractivity contribution is 6.12.